The number of fused-ring (bicyclic) bond motifs is 1. The predicted molar refractivity (Wildman–Crippen MR) is 78.7 cm³/mol. The van der Waals surface area contributed by atoms with Gasteiger partial charge >= 0.3 is 5.97 Å². The van der Waals surface area contributed by atoms with Gasteiger partial charge in [0.15, 0.2) is 17.8 Å². The molecule has 112 valence electrons. The Balaban J connectivity index is 1.95. The lowest BCUT2D eigenvalue weighted by Gasteiger charge is -2.14. The van der Waals surface area contributed by atoms with Gasteiger partial charge in [-0.1, -0.05) is 18.2 Å². The molecule has 5 nitrogen and oxygen atoms in total. The maximum atomic E-state index is 11.9. The number of para-hydroxylation sites is 2. The fraction of sp³-hybridized carbons (Fsp3) is 0.375. The van der Waals surface area contributed by atoms with E-state index in [1.54, 1.807) is 19.9 Å². The van der Waals surface area contributed by atoms with Gasteiger partial charge in [-0.05, 0) is 32.4 Å². The van der Waals surface area contributed by atoms with Crippen molar-refractivity contribution in [1.82, 2.24) is 4.98 Å². The molecule has 0 bridgehead atoms. The highest BCUT2D eigenvalue weighted by molar-refractivity contribution is 5.75. The highest BCUT2D eigenvalue weighted by atomic mass is 16.6. The van der Waals surface area contributed by atoms with Crippen molar-refractivity contribution in [3.63, 3.8) is 0 Å². The molecule has 0 unspecified atom stereocenters. The number of rotatable bonds is 7. The Morgan fingerprint density at radius 3 is 2.90 bits per heavy atom. The predicted octanol–water partition coefficient (Wildman–Crippen LogP) is 3.41. The number of oxazole rings is 1. The second kappa shape index (κ2) is 7.04. The lowest BCUT2D eigenvalue weighted by molar-refractivity contribution is -0.162. The SMILES string of the molecule is C=CCCO[C@H](C)C(=O)O[C@H](C)c1nc2ccccc2o1. The molecule has 2 atom stereocenters. The molecule has 0 amide bonds. The van der Waals surface area contributed by atoms with E-state index in [9.17, 15) is 4.79 Å². The molecule has 2 aromatic rings. The van der Waals surface area contributed by atoms with Gasteiger partial charge in [-0.25, -0.2) is 9.78 Å². The molecule has 1 aromatic carbocycles. The third-order valence-electron chi connectivity index (χ3n) is 2.97. The second-order valence-electron chi connectivity index (χ2n) is 4.69. The number of esters is 1. The summed E-state index contributed by atoms with van der Waals surface area (Å²) in [7, 11) is 0. The third kappa shape index (κ3) is 3.92. The summed E-state index contributed by atoms with van der Waals surface area (Å²) in [5, 5.41) is 0. The molecule has 1 aromatic heterocycles. The van der Waals surface area contributed by atoms with Gasteiger partial charge in [-0.3, -0.25) is 0 Å². The molecule has 21 heavy (non-hydrogen) atoms. The van der Waals surface area contributed by atoms with E-state index in [1.165, 1.54) is 0 Å². The van der Waals surface area contributed by atoms with Crippen LogP contribution in [0.15, 0.2) is 41.3 Å². The first-order valence-corrected chi connectivity index (χ1v) is 6.90. The van der Waals surface area contributed by atoms with Gasteiger partial charge in [-0.2, -0.15) is 0 Å². The molecular weight excluding hydrogens is 270 g/mol. The minimum Gasteiger partial charge on any atom is -0.451 e. The van der Waals surface area contributed by atoms with E-state index in [-0.39, 0.29) is 0 Å². The highest BCUT2D eigenvalue weighted by Crippen LogP contribution is 2.22. The van der Waals surface area contributed by atoms with Crippen LogP contribution in [-0.4, -0.2) is 23.7 Å². The van der Waals surface area contributed by atoms with Gasteiger partial charge in [0.25, 0.3) is 0 Å². The van der Waals surface area contributed by atoms with Crippen LogP contribution in [-0.2, 0) is 14.3 Å². The summed E-state index contributed by atoms with van der Waals surface area (Å²) in [5.74, 6) is -0.0586. The molecule has 0 aliphatic heterocycles. The van der Waals surface area contributed by atoms with E-state index >= 15 is 0 Å². The average molecular weight is 289 g/mol. The van der Waals surface area contributed by atoms with Crippen LogP contribution in [0.5, 0.6) is 0 Å². The average Bonchev–Trinajstić information content (AvgIpc) is 2.91. The van der Waals surface area contributed by atoms with Crippen LogP contribution < -0.4 is 0 Å². The quantitative estimate of drug-likeness (QED) is 0.444. The molecular formula is C16H19NO4. The fourth-order valence-electron chi connectivity index (χ4n) is 1.78. The van der Waals surface area contributed by atoms with E-state index in [0.717, 1.165) is 5.52 Å². The summed E-state index contributed by atoms with van der Waals surface area (Å²) >= 11 is 0. The molecule has 0 saturated heterocycles. The Labute approximate surface area is 123 Å². The van der Waals surface area contributed by atoms with Crippen LogP contribution >= 0.6 is 0 Å². The lowest BCUT2D eigenvalue weighted by atomic mass is 10.3. The normalized spacial score (nSPS) is 13.8. The fourth-order valence-corrected chi connectivity index (χ4v) is 1.78. The molecule has 0 saturated carbocycles. The first-order chi connectivity index (χ1) is 10.1. The van der Waals surface area contributed by atoms with Crippen molar-refractivity contribution in [1.29, 1.82) is 0 Å². The molecule has 0 fully saturated rings. The number of hydrogen-bond donors (Lipinski definition) is 0. The zero-order chi connectivity index (χ0) is 15.2. The van der Waals surface area contributed by atoms with E-state index < -0.39 is 18.2 Å². The standard InChI is InChI=1S/C16H19NO4/c1-4-5-10-19-12(3)16(18)20-11(2)15-17-13-8-6-7-9-14(13)21-15/h4,6-9,11-12H,1,5,10H2,2-3H3/t11-,12-/m1/s1. The topological polar surface area (TPSA) is 61.6 Å². The van der Waals surface area contributed by atoms with Crippen LogP contribution in [0.1, 0.15) is 32.3 Å². The molecule has 0 N–H and O–H groups in total. The van der Waals surface area contributed by atoms with Crippen LogP contribution in [0.2, 0.25) is 0 Å². The second-order valence-corrected chi connectivity index (χ2v) is 4.69. The van der Waals surface area contributed by atoms with Crippen LogP contribution in [0, 0.1) is 0 Å². The van der Waals surface area contributed by atoms with Gasteiger partial charge in [-0.15, -0.1) is 6.58 Å². The van der Waals surface area contributed by atoms with E-state index in [2.05, 4.69) is 11.6 Å². The molecule has 2 rings (SSSR count). The minimum atomic E-state index is -0.628. The molecule has 0 aliphatic carbocycles. The zero-order valence-electron chi connectivity index (χ0n) is 12.2. The molecule has 0 radical (unpaired) electrons. The highest BCUT2D eigenvalue weighted by Gasteiger charge is 2.22. The number of hydrogen-bond acceptors (Lipinski definition) is 5. The Bertz CT molecular complexity index is 587. The van der Waals surface area contributed by atoms with Gasteiger partial charge in [0.2, 0.25) is 5.89 Å². The molecule has 1 heterocycles. The van der Waals surface area contributed by atoms with Crippen molar-refractivity contribution in [3.05, 3.63) is 42.8 Å². The van der Waals surface area contributed by atoms with Crippen LogP contribution in [0.3, 0.4) is 0 Å². The third-order valence-corrected chi connectivity index (χ3v) is 2.97. The van der Waals surface area contributed by atoms with Crippen LogP contribution in [0.4, 0.5) is 0 Å². The van der Waals surface area contributed by atoms with Crippen molar-refractivity contribution >= 4 is 17.1 Å². The summed E-state index contributed by atoms with van der Waals surface area (Å²) in [4.78, 5) is 16.2. The van der Waals surface area contributed by atoms with Crippen molar-refractivity contribution in [3.8, 4) is 0 Å². The smallest absolute Gasteiger partial charge is 0.335 e. The Morgan fingerprint density at radius 2 is 2.19 bits per heavy atom. The summed E-state index contributed by atoms with van der Waals surface area (Å²) in [5.41, 5.74) is 1.41. The Morgan fingerprint density at radius 1 is 1.43 bits per heavy atom. The first-order valence-electron chi connectivity index (χ1n) is 6.90. The number of aromatic nitrogens is 1. The number of ether oxygens (including phenoxy) is 2. The van der Waals surface area contributed by atoms with Gasteiger partial charge < -0.3 is 13.9 Å². The van der Waals surface area contributed by atoms with E-state index in [1.807, 2.05) is 24.3 Å². The number of benzene rings is 1. The van der Waals surface area contributed by atoms with Gasteiger partial charge in [0.1, 0.15) is 5.52 Å². The van der Waals surface area contributed by atoms with Gasteiger partial charge in [0.05, 0.1) is 6.61 Å². The summed E-state index contributed by atoms with van der Waals surface area (Å²) in [6.45, 7) is 7.41. The Hall–Kier alpha value is -2.14. The van der Waals surface area contributed by atoms with E-state index in [0.29, 0.717) is 24.5 Å². The van der Waals surface area contributed by atoms with Crippen molar-refractivity contribution < 1.29 is 18.7 Å². The summed E-state index contributed by atoms with van der Waals surface area (Å²) in [6, 6.07) is 7.41. The summed E-state index contributed by atoms with van der Waals surface area (Å²) in [6.07, 6.45) is 1.24. The van der Waals surface area contributed by atoms with Crippen molar-refractivity contribution in [2.75, 3.05) is 6.61 Å². The molecule has 0 spiro atoms. The summed E-state index contributed by atoms with van der Waals surface area (Å²) < 4.78 is 16.2. The van der Waals surface area contributed by atoms with E-state index in [4.69, 9.17) is 13.9 Å². The van der Waals surface area contributed by atoms with Crippen molar-refractivity contribution in [2.24, 2.45) is 0 Å². The molecule has 0 aliphatic rings. The maximum absolute atomic E-state index is 11.9. The van der Waals surface area contributed by atoms with Crippen molar-refractivity contribution in [2.45, 2.75) is 32.5 Å². The number of carbonyl (C=O) groups is 1. The number of nitrogens with zero attached hydrogens (tertiary/aromatic N) is 1. The zero-order valence-corrected chi connectivity index (χ0v) is 12.2. The Kier molecular flexibility index (Phi) is 5.11. The number of carbonyl (C=O) groups excluding carboxylic acids is 1. The first kappa shape index (κ1) is 15.3. The van der Waals surface area contributed by atoms with Gasteiger partial charge in [0, 0.05) is 0 Å². The molecule has 5 heteroatoms. The van der Waals surface area contributed by atoms with Crippen LogP contribution in [0.25, 0.3) is 11.1 Å². The maximum Gasteiger partial charge on any atom is 0.335 e. The largest absolute Gasteiger partial charge is 0.451 e. The monoisotopic (exact) mass is 289 g/mol. The minimum absolute atomic E-state index is 0.378. The lowest BCUT2D eigenvalue weighted by Crippen LogP contribution is -2.25.